The summed E-state index contributed by atoms with van der Waals surface area (Å²) in [6.45, 7) is 12.7. The van der Waals surface area contributed by atoms with Crippen molar-refractivity contribution >= 4 is 29.4 Å². The van der Waals surface area contributed by atoms with Gasteiger partial charge in [-0.25, -0.2) is 9.07 Å². The lowest BCUT2D eigenvalue weighted by Gasteiger charge is -2.25. The van der Waals surface area contributed by atoms with Gasteiger partial charge in [-0.05, 0) is 49.6 Å². The summed E-state index contributed by atoms with van der Waals surface area (Å²) in [7, 11) is 0. The van der Waals surface area contributed by atoms with Crippen LogP contribution in [-0.2, 0) is 15.0 Å². The van der Waals surface area contributed by atoms with Crippen LogP contribution >= 0.6 is 11.8 Å². The van der Waals surface area contributed by atoms with Crippen LogP contribution in [0.5, 0.6) is 0 Å². The molecule has 1 N–H and O–H groups in total. The standard InChI is InChI=1S/C29H35FN4O2S/c1-7-13-31-23(35)16-33-24(36)17-37-26(20-9-8-10-21(30)15-20)25-27(29(4,5)6)32-34(28(25)33)22-12-11-18(2)14-19(22)3/h8-12,14-15,26H,7,13,16-17H2,1-6H3,(H,31,35)/t26-/m1/s1. The first-order valence-corrected chi connectivity index (χ1v) is 13.7. The number of nitrogens with zero attached hydrogens (tertiary/aromatic N) is 3. The number of aromatic nitrogens is 2. The van der Waals surface area contributed by atoms with Crippen molar-refractivity contribution in [2.24, 2.45) is 0 Å². The predicted molar refractivity (Wildman–Crippen MR) is 148 cm³/mol. The number of benzene rings is 2. The monoisotopic (exact) mass is 522 g/mol. The van der Waals surface area contributed by atoms with Crippen molar-refractivity contribution in [3.8, 4) is 5.69 Å². The molecule has 4 rings (SSSR count). The number of hydrogen-bond donors (Lipinski definition) is 1. The number of carbonyl (C=O) groups excluding carboxylic acids is 2. The maximum absolute atomic E-state index is 14.4. The van der Waals surface area contributed by atoms with Gasteiger partial charge in [0.15, 0.2) is 0 Å². The molecule has 196 valence electrons. The Morgan fingerprint density at radius 3 is 2.59 bits per heavy atom. The minimum atomic E-state index is -0.371. The quantitative estimate of drug-likeness (QED) is 0.456. The maximum atomic E-state index is 14.4. The summed E-state index contributed by atoms with van der Waals surface area (Å²) >= 11 is 1.45. The summed E-state index contributed by atoms with van der Waals surface area (Å²) in [5.41, 5.74) is 5.03. The van der Waals surface area contributed by atoms with Crippen molar-refractivity contribution in [1.82, 2.24) is 15.1 Å². The van der Waals surface area contributed by atoms with E-state index in [0.29, 0.717) is 12.4 Å². The van der Waals surface area contributed by atoms with Crippen LogP contribution in [0.3, 0.4) is 0 Å². The van der Waals surface area contributed by atoms with Crippen molar-refractivity contribution < 1.29 is 14.0 Å². The molecule has 0 spiro atoms. The second kappa shape index (κ2) is 10.7. The average molecular weight is 523 g/mol. The van der Waals surface area contributed by atoms with Gasteiger partial charge >= 0.3 is 0 Å². The summed E-state index contributed by atoms with van der Waals surface area (Å²) in [5.74, 6) is 0.00927. The lowest BCUT2D eigenvalue weighted by Crippen LogP contribution is -2.42. The minimum Gasteiger partial charge on any atom is -0.355 e. The normalized spacial score (nSPS) is 15.9. The molecule has 6 nitrogen and oxygen atoms in total. The van der Waals surface area contributed by atoms with Gasteiger partial charge < -0.3 is 5.32 Å². The molecule has 1 atom stereocenters. The number of halogens is 1. The third-order valence-electron chi connectivity index (χ3n) is 6.41. The van der Waals surface area contributed by atoms with E-state index in [1.165, 1.54) is 23.9 Å². The first-order valence-electron chi connectivity index (χ1n) is 12.7. The highest BCUT2D eigenvalue weighted by atomic mass is 32.2. The third-order valence-corrected chi connectivity index (χ3v) is 7.66. The summed E-state index contributed by atoms with van der Waals surface area (Å²) < 4.78 is 16.2. The van der Waals surface area contributed by atoms with Crippen molar-refractivity contribution in [1.29, 1.82) is 0 Å². The second-order valence-corrected chi connectivity index (χ2v) is 11.7. The molecule has 0 saturated carbocycles. The van der Waals surface area contributed by atoms with Gasteiger partial charge in [0.25, 0.3) is 0 Å². The van der Waals surface area contributed by atoms with E-state index in [0.717, 1.165) is 40.1 Å². The van der Waals surface area contributed by atoms with Crippen LogP contribution in [0.25, 0.3) is 5.69 Å². The minimum absolute atomic E-state index is 0.109. The van der Waals surface area contributed by atoms with Crippen LogP contribution in [-0.4, -0.2) is 40.4 Å². The number of anilines is 1. The van der Waals surface area contributed by atoms with Crippen molar-refractivity contribution in [2.75, 3.05) is 23.7 Å². The second-order valence-electron chi connectivity index (χ2n) is 10.6. The van der Waals surface area contributed by atoms with Crippen LogP contribution in [0.2, 0.25) is 0 Å². The first kappa shape index (κ1) is 26.9. The molecule has 3 aromatic rings. The number of amides is 2. The number of rotatable bonds is 6. The molecule has 0 radical (unpaired) electrons. The first-order chi connectivity index (χ1) is 17.5. The highest BCUT2D eigenvalue weighted by Gasteiger charge is 2.40. The van der Waals surface area contributed by atoms with E-state index in [4.69, 9.17) is 5.10 Å². The highest BCUT2D eigenvalue weighted by molar-refractivity contribution is 8.00. The molecule has 1 aliphatic heterocycles. The van der Waals surface area contributed by atoms with Gasteiger partial charge in [0.05, 0.1) is 22.4 Å². The third kappa shape index (κ3) is 5.59. The molecule has 0 aliphatic carbocycles. The van der Waals surface area contributed by atoms with Crippen LogP contribution in [0.1, 0.15) is 67.3 Å². The van der Waals surface area contributed by atoms with Crippen molar-refractivity contribution in [3.05, 3.63) is 76.2 Å². The number of fused-ring (bicyclic) bond motifs is 1. The Kier molecular flexibility index (Phi) is 7.78. The fourth-order valence-electron chi connectivity index (χ4n) is 4.68. The summed E-state index contributed by atoms with van der Waals surface area (Å²) in [5, 5.41) is 7.67. The summed E-state index contributed by atoms with van der Waals surface area (Å²) in [6.07, 6.45) is 0.803. The molecule has 37 heavy (non-hydrogen) atoms. The Morgan fingerprint density at radius 2 is 1.95 bits per heavy atom. The number of aryl methyl sites for hydroxylation is 2. The molecule has 1 aromatic heterocycles. The Hall–Kier alpha value is -3.13. The van der Waals surface area contributed by atoms with Gasteiger partial charge in [0, 0.05) is 17.5 Å². The van der Waals surface area contributed by atoms with Crippen LogP contribution < -0.4 is 10.2 Å². The Morgan fingerprint density at radius 1 is 1.19 bits per heavy atom. The smallest absolute Gasteiger partial charge is 0.240 e. The van der Waals surface area contributed by atoms with Gasteiger partial charge in [-0.3, -0.25) is 14.5 Å². The molecule has 2 aromatic carbocycles. The zero-order chi connectivity index (χ0) is 26.9. The topological polar surface area (TPSA) is 67.2 Å². The van der Waals surface area contributed by atoms with E-state index in [1.54, 1.807) is 11.0 Å². The van der Waals surface area contributed by atoms with Gasteiger partial charge in [0.1, 0.15) is 18.2 Å². The molecule has 1 aliphatic rings. The van der Waals surface area contributed by atoms with Gasteiger partial charge in [0.2, 0.25) is 11.8 Å². The number of nitrogens with one attached hydrogen (secondary N) is 1. The Bertz CT molecular complexity index is 1330. The molecular weight excluding hydrogens is 487 g/mol. The van der Waals surface area contributed by atoms with E-state index in [2.05, 4.69) is 32.2 Å². The van der Waals surface area contributed by atoms with E-state index in [-0.39, 0.29) is 40.6 Å². The SMILES string of the molecule is CCCNC(=O)CN1C(=O)CS[C@H](c2cccc(F)c2)c2c(C(C)(C)C)nn(-c3ccc(C)cc3C)c21. The number of thioether (sulfide) groups is 1. The molecule has 0 unspecified atom stereocenters. The molecular formula is C29H35FN4O2S. The van der Waals surface area contributed by atoms with E-state index < -0.39 is 0 Å². The van der Waals surface area contributed by atoms with E-state index in [1.807, 2.05) is 43.7 Å². The number of carbonyl (C=O) groups is 2. The lowest BCUT2D eigenvalue weighted by molar-refractivity contribution is -0.122. The maximum Gasteiger partial charge on any atom is 0.240 e. The molecule has 0 fully saturated rings. The van der Waals surface area contributed by atoms with Gasteiger partial charge in [-0.2, -0.15) is 5.10 Å². The van der Waals surface area contributed by atoms with Crippen LogP contribution in [0.15, 0.2) is 42.5 Å². The molecule has 8 heteroatoms. The molecule has 0 bridgehead atoms. The Labute approximate surface area is 222 Å². The Balaban J connectivity index is 2.03. The fourth-order valence-corrected chi connectivity index (χ4v) is 5.87. The summed E-state index contributed by atoms with van der Waals surface area (Å²) in [6, 6.07) is 12.6. The largest absolute Gasteiger partial charge is 0.355 e. The summed E-state index contributed by atoms with van der Waals surface area (Å²) in [4.78, 5) is 28.1. The molecule has 2 heterocycles. The van der Waals surface area contributed by atoms with Crippen LogP contribution in [0, 0.1) is 19.7 Å². The lowest BCUT2D eigenvalue weighted by atomic mass is 9.87. The van der Waals surface area contributed by atoms with Crippen LogP contribution in [0.4, 0.5) is 10.2 Å². The molecule has 0 saturated heterocycles. The van der Waals surface area contributed by atoms with Gasteiger partial charge in [-0.15, -0.1) is 11.8 Å². The molecule has 2 amide bonds. The van der Waals surface area contributed by atoms with Crippen molar-refractivity contribution in [3.63, 3.8) is 0 Å². The van der Waals surface area contributed by atoms with E-state index in [9.17, 15) is 14.0 Å². The number of hydrogen-bond acceptors (Lipinski definition) is 4. The average Bonchev–Trinajstić information content (AvgIpc) is 3.15. The van der Waals surface area contributed by atoms with Gasteiger partial charge in [-0.1, -0.05) is 57.5 Å². The zero-order valence-electron chi connectivity index (χ0n) is 22.4. The van der Waals surface area contributed by atoms with Crippen molar-refractivity contribution in [2.45, 2.75) is 58.6 Å². The predicted octanol–water partition coefficient (Wildman–Crippen LogP) is 5.62. The zero-order valence-corrected chi connectivity index (χ0v) is 23.2. The fraction of sp³-hybridized carbons (Fsp3) is 0.414. The highest BCUT2D eigenvalue weighted by Crippen LogP contribution is 2.48. The van der Waals surface area contributed by atoms with E-state index >= 15 is 0 Å².